The third kappa shape index (κ3) is 4.52. The van der Waals surface area contributed by atoms with Gasteiger partial charge in [0, 0.05) is 55.9 Å². The Labute approximate surface area is 202 Å². The highest BCUT2D eigenvalue weighted by Crippen LogP contribution is 2.31. The van der Waals surface area contributed by atoms with Gasteiger partial charge in [-0.3, -0.25) is 19.7 Å². The molecule has 35 heavy (non-hydrogen) atoms. The minimum absolute atomic E-state index is 0.0398. The fraction of sp³-hybridized carbons (Fsp3) is 0.320. The summed E-state index contributed by atoms with van der Waals surface area (Å²) in [5.41, 5.74) is 6.33. The van der Waals surface area contributed by atoms with Crippen LogP contribution in [0.2, 0.25) is 0 Å². The molecule has 0 atom stereocenters. The first-order valence-electron chi connectivity index (χ1n) is 11.8. The Bertz CT molecular complexity index is 1390. The molecule has 1 saturated heterocycles. The van der Waals surface area contributed by atoms with Crippen LogP contribution in [0.4, 0.5) is 0 Å². The lowest BCUT2D eigenvalue weighted by Gasteiger charge is -2.18. The maximum Gasteiger partial charge on any atom is 0.272 e. The van der Waals surface area contributed by atoms with Gasteiger partial charge in [-0.15, -0.1) is 0 Å². The zero-order chi connectivity index (χ0) is 24.4. The van der Waals surface area contributed by atoms with Crippen molar-refractivity contribution in [2.45, 2.75) is 26.8 Å². The van der Waals surface area contributed by atoms with Crippen LogP contribution in [0.3, 0.4) is 0 Å². The Morgan fingerprint density at radius 2 is 2.09 bits per heavy atom. The molecule has 2 amide bonds. The number of aromatic amines is 2. The molecule has 10 nitrogen and oxygen atoms in total. The van der Waals surface area contributed by atoms with Crippen LogP contribution in [0.15, 0.2) is 36.8 Å². The molecule has 0 aliphatic carbocycles. The van der Waals surface area contributed by atoms with Gasteiger partial charge in [0.25, 0.3) is 5.91 Å². The van der Waals surface area contributed by atoms with Gasteiger partial charge in [-0.2, -0.15) is 5.10 Å². The summed E-state index contributed by atoms with van der Waals surface area (Å²) in [6, 6.07) is 6.12. The van der Waals surface area contributed by atoms with Crippen molar-refractivity contribution in [1.82, 2.24) is 40.7 Å². The van der Waals surface area contributed by atoms with Crippen LogP contribution in [0.1, 0.15) is 35.0 Å². The molecule has 0 unspecified atom stereocenters. The van der Waals surface area contributed by atoms with Crippen molar-refractivity contribution < 1.29 is 9.59 Å². The van der Waals surface area contributed by atoms with E-state index in [1.165, 1.54) is 11.8 Å². The normalized spacial score (nSPS) is 14.2. The number of pyridine rings is 1. The minimum atomic E-state index is -0.181. The van der Waals surface area contributed by atoms with Gasteiger partial charge in [0.2, 0.25) is 5.91 Å². The van der Waals surface area contributed by atoms with Crippen molar-refractivity contribution >= 4 is 22.7 Å². The highest BCUT2D eigenvalue weighted by Gasteiger charge is 2.22. The van der Waals surface area contributed by atoms with E-state index in [0.717, 1.165) is 40.7 Å². The minimum Gasteiger partial charge on any atom is -0.354 e. The first-order valence-corrected chi connectivity index (χ1v) is 11.8. The summed E-state index contributed by atoms with van der Waals surface area (Å²) in [5.74, 6) is 0.290. The number of hydrogen-bond donors (Lipinski definition) is 4. The summed E-state index contributed by atoms with van der Waals surface area (Å²) in [6.07, 6.45) is 5.61. The molecule has 10 heteroatoms. The highest BCUT2D eigenvalue weighted by molar-refractivity contribution is 5.96. The van der Waals surface area contributed by atoms with Crippen molar-refractivity contribution in [2.24, 2.45) is 0 Å². The Hall–Kier alpha value is -4.05. The van der Waals surface area contributed by atoms with E-state index in [1.807, 2.05) is 18.5 Å². The molecule has 4 aromatic rings. The summed E-state index contributed by atoms with van der Waals surface area (Å²) in [4.78, 5) is 38.2. The molecule has 0 saturated carbocycles. The Morgan fingerprint density at radius 1 is 1.20 bits per heavy atom. The number of carbonyl (C=O) groups is 2. The Balaban J connectivity index is 1.45. The molecule has 5 rings (SSSR count). The van der Waals surface area contributed by atoms with E-state index in [4.69, 9.17) is 0 Å². The monoisotopic (exact) mass is 472 g/mol. The van der Waals surface area contributed by atoms with E-state index in [0.29, 0.717) is 43.3 Å². The van der Waals surface area contributed by atoms with Gasteiger partial charge >= 0.3 is 0 Å². The van der Waals surface area contributed by atoms with Crippen LogP contribution < -0.4 is 10.6 Å². The number of nitrogens with zero attached hydrogens (tertiary/aromatic N) is 4. The SMILES string of the molecule is CCNCc1cncc(-c2ccc3[nH]nc(-c4ncc(C(=O)N5CCNC(=O)CC5)[nH]4)c3c2)c1C. The predicted octanol–water partition coefficient (Wildman–Crippen LogP) is 2.40. The molecule has 1 aliphatic heterocycles. The Kier molecular flexibility index (Phi) is 6.28. The molecule has 0 radical (unpaired) electrons. The number of nitrogens with one attached hydrogen (secondary N) is 4. The van der Waals surface area contributed by atoms with E-state index in [2.05, 4.69) is 61.8 Å². The van der Waals surface area contributed by atoms with Crippen LogP contribution >= 0.6 is 0 Å². The van der Waals surface area contributed by atoms with Crippen LogP contribution in [0, 0.1) is 6.92 Å². The largest absolute Gasteiger partial charge is 0.354 e. The lowest BCUT2D eigenvalue weighted by atomic mass is 9.98. The quantitative estimate of drug-likeness (QED) is 0.341. The summed E-state index contributed by atoms with van der Waals surface area (Å²) >= 11 is 0. The molecular weight excluding hydrogens is 444 g/mol. The molecule has 3 aromatic heterocycles. The molecule has 0 spiro atoms. The number of rotatable bonds is 6. The molecule has 1 aromatic carbocycles. The van der Waals surface area contributed by atoms with Crippen LogP contribution in [-0.4, -0.2) is 68.0 Å². The number of amides is 2. The van der Waals surface area contributed by atoms with Gasteiger partial charge in [-0.25, -0.2) is 4.98 Å². The molecule has 4 N–H and O–H groups in total. The standard InChI is InChI=1S/C25H28N8O2/c1-3-26-11-17-12-27-13-19(15(17)2)16-4-5-20-18(10-16)23(32-31-20)24-29-14-21(30-24)25(35)33-8-6-22(34)28-7-9-33/h4-5,10,12-14,26H,3,6-9,11H2,1-2H3,(H,28,34)(H,29,30)(H,31,32). The van der Waals surface area contributed by atoms with E-state index < -0.39 is 0 Å². The van der Waals surface area contributed by atoms with Crippen molar-refractivity contribution in [3.8, 4) is 22.6 Å². The second kappa shape index (κ2) is 9.67. The number of fused-ring (bicyclic) bond motifs is 1. The lowest BCUT2D eigenvalue weighted by molar-refractivity contribution is -0.120. The van der Waals surface area contributed by atoms with E-state index >= 15 is 0 Å². The van der Waals surface area contributed by atoms with Gasteiger partial charge in [0.05, 0.1) is 11.7 Å². The van der Waals surface area contributed by atoms with Crippen molar-refractivity contribution in [1.29, 1.82) is 0 Å². The van der Waals surface area contributed by atoms with Crippen molar-refractivity contribution in [3.63, 3.8) is 0 Å². The maximum absolute atomic E-state index is 13.0. The van der Waals surface area contributed by atoms with E-state index in [-0.39, 0.29) is 11.8 Å². The van der Waals surface area contributed by atoms with Gasteiger partial charge in [0.1, 0.15) is 11.4 Å². The molecule has 180 valence electrons. The smallest absolute Gasteiger partial charge is 0.272 e. The summed E-state index contributed by atoms with van der Waals surface area (Å²) in [5, 5.41) is 14.6. The first-order chi connectivity index (χ1) is 17.0. The lowest BCUT2D eigenvalue weighted by Crippen LogP contribution is -2.34. The van der Waals surface area contributed by atoms with Gasteiger partial charge in [-0.05, 0) is 42.3 Å². The number of benzene rings is 1. The van der Waals surface area contributed by atoms with E-state index in [1.54, 1.807) is 4.90 Å². The fourth-order valence-electron chi connectivity index (χ4n) is 4.35. The molecule has 4 heterocycles. The van der Waals surface area contributed by atoms with Gasteiger partial charge in [-0.1, -0.05) is 13.0 Å². The topological polar surface area (TPSA) is 132 Å². The van der Waals surface area contributed by atoms with Gasteiger partial charge < -0.3 is 20.5 Å². The third-order valence-electron chi connectivity index (χ3n) is 6.39. The summed E-state index contributed by atoms with van der Waals surface area (Å²) in [7, 11) is 0. The van der Waals surface area contributed by atoms with Crippen molar-refractivity contribution in [3.05, 3.63) is 53.6 Å². The zero-order valence-corrected chi connectivity index (χ0v) is 19.8. The second-order valence-electron chi connectivity index (χ2n) is 8.62. The number of hydrogen-bond acceptors (Lipinski definition) is 6. The number of aromatic nitrogens is 5. The molecule has 0 bridgehead atoms. The molecule has 1 aliphatic rings. The highest BCUT2D eigenvalue weighted by atomic mass is 16.2. The van der Waals surface area contributed by atoms with Crippen LogP contribution in [0.25, 0.3) is 33.5 Å². The molecule has 1 fully saturated rings. The third-order valence-corrected chi connectivity index (χ3v) is 6.39. The van der Waals surface area contributed by atoms with Crippen LogP contribution in [-0.2, 0) is 11.3 Å². The predicted molar refractivity (Wildman–Crippen MR) is 133 cm³/mol. The average molecular weight is 473 g/mol. The first kappa shape index (κ1) is 22.7. The van der Waals surface area contributed by atoms with Gasteiger partial charge in [0.15, 0.2) is 5.82 Å². The average Bonchev–Trinajstić information content (AvgIpc) is 3.46. The number of imidazole rings is 1. The maximum atomic E-state index is 13.0. The number of carbonyl (C=O) groups excluding carboxylic acids is 2. The second-order valence-corrected chi connectivity index (χ2v) is 8.62. The van der Waals surface area contributed by atoms with E-state index in [9.17, 15) is 9.59 Å². The van der Waals surface area contributed by atoms with Crippen molar-refractivity contribution in [2.75, 3.05) is 26.2 Å². The molecular formula is C25H28N8O2. The summed E-state index contributed by atoms with van der Waals surface area (Å²) in [6.45, 7) is 7.16. The Morgan fingerprint density at radius 3 is 2.94 bits per heavy atom. The van der Waals surface area contributed by atoms with Crippen LogP contribution in [0.5, 0.6) is 0 Å². The number of H-pyrrole nitrogens is 2. The fourth-order valence-corrected chi connectivity index (χ4v) is 4.35. The zero-order valence-electron chi connectivity index (χ0n) is 19.8. The summed E-state index contributed by atoms with van der Waals surface area (Å²) < 4.78 is 0.